The van der Waals surface area contributed by atoms with Crippen molar-refractivity contribution in [1.82, 2.24) is 4.57 Å². The van der Waals surface area contributed by atoms with Crippen molar-refractivity contribution in [3.8, 4) is 0 Å². The van der Waals surface area contributed by atoms with Crippen LogP contribution in [0.4, 0.5) is 0 Å². The van der Waals surface area contributed by atoms with Gasteiger partial charge in [-0.2, -0.15) is 0 Å². The van der Waals surface area contributed by atoms with Crippen LogP contribution in [0.15, 0.2) is 42.6 Å². The fourth-order valence-electron chi connectivity index (χ4n) is 4.42. The Morgan fingerprint density at radius 2 is 1.93 bits per heavy atom. The second-order valence-corrected chi connectivity index (χ2v) is 8.04. The van der Waals surface area contributed by atoms with Gasteiger partial charge in [0.2, 0.25) is 0 Å². The molecule has 1 saturated carbocycles. The molecule has 4 nitrogen and oxygen atoms in total. The molecule has 1 aliphatic carbocycles. The first kappa shape index (κ1) is 20.1. The van der Waals surface area contributed by atoms with Gasteiger partial charge < -0.3 is 19.3 Å². The summed E-state index contributed by atoms with van der Waals surface area (Å²) in [6, 6.07) is 13.6. The van der Waals surface area contributed by atoms with Crippen LogP contribution < -0.4 is 4.90 Å². The molecule has 0 spiro atoms. The third-order valence-electron chi connectivity index (χ3n) is 5.97. The van der Waals surface area contributed by atoms with E-state index >= 15 is 0 Å². The highest BCUT2D eigenvalue weighted by molar-refractivity contribution is 5.26. The van der Waals surface area contributed by atoms with Gasteiger partial charge in [0.25, 0.3) is 0 Å². The molecule has 1 aliphatic rings. The van der Waals surface area contributed by atoms with E-state index in [0.717, 1.165) is 19.6 Å². The Labute approximate surface area is 163 Å². The number of rotatable bonds is 9. The maximum Gasteiger partial charge on any atom is 0.126 e. The van der Waals surface area contributed by atoms with Crippen LogP contribution in [0, 0.1) is 6.92 Å². The molecule has 2 N–H and O–H groups in total. The number of benzene rings is 1. The highest BCUT2D eigenvalue weighted by atomic mass is 16.5. The predicted molar refractivity (Wildman–Crippen MR) is 109 cm³/mol. The molecule has 0 aliphatic heterocycles. The molecule has 2 atom stereocenters. The van der Waals surface area contributed by atoms with Crippen molar-refractivity contribution >= 4 is 0 Å². The van der Waals surface area contributed by atoms with Crippen molar-refractivity contribution < 1.29 is 14.7 Å². The maximum absolute atomic E-state index is 10.4. The third-order valence-corrected chi connectivity index (χ3v) is 5.97. The lowest BCUT2D eigenvalue weighted by atomic mass is 9.94. The first-order valence-corrected chi connectivity index (χ1v) is 10.4. The SMILES string of the molecule is COC[C@H](O)C[NH+](Cc1cccn1Cc1ccccc1C)C1CCCCC1. The number of nitrogens with zero attached hydrogens (tertiary/aromatic N) is 1. The molecule has 1 aromatic carbocycles. The minimum absolute atomic E-state index is 0.397. The van der Waals surface area contributed by atoms with Crippen LogP contribution in [0.5, 0.6) is 0 Å². The van der Waals surface area contributed by atoms with Crippen molar-refractivity contribution in [1.29, 1.82) is 0 Å². The van der Waals surface area contributed by atoms with E-state index in [1.165, 1.54) is 53.8 Å². The van der Waals surface area contributed by atoms with Gasteiger partial charge >= 0.3 is 0 Å². The Kier molecular flexibility index (Phi) is 7.50. The average Bonchev–Trinajstić information content (AvgIpc) is 3.11. The van der Waals surface area contributed by atoms with E-state index in [-0.39, 0.29) is 0 Å². The van der Waals surface area contributed by atoms with E-state index in [9.17, 15) is 5.11 Å². The molecule has 0 saturated heterocycles. The van der Waals surface area contributed by atoms with E-state index in [2.05, 4.69) is 54.1 Å². The van der Waals surface area contributed by atoms with Gasteiger partial charge in [0, 0.05) is 19.9 Å². The molecule has 2 aromatic rings. The molecule has 148 valence electrons. The zero-order chi connectivity index (χ0) is 19.1. The van der Waals surface area contributed by atoms with Crippen LogP contribution in [0.25, 0.3) is 0 Å². The number of methoxy groups -OCH3 is 1. The van der Waals surface area contributed by atoms with E-state index in [4.69, 9.17) is 4.74 Å². The fraction of sp³-hybridized carbons (Fsp3) is 0.565. The zero-order valence-electron chi connectivity index (χ0n) is 16.9. The number of hydrogen-bond acceptors (Lipinski definition) is 2. The summed E-state index contributed by atoms with van der Waals surface area (Å²) in [6.07, 6.45) is 8.32. The molecule has 0 bridgehead atoms. The van der Waals surface area contributed by atoms with Crippen LogP contribution in [-0.4, -0.2) is 42.1 Å². The molecule has 3 rings (SSSR count). The van der Waals surface area contributed by atoms with Gasteiger partial charge in [-0.15, -0.1) is 0 Å². The van der Waals surface area contributed by atoms with Crippen LogP contribution in [0.2, 0.25) is 0 Å². The first-order valence-electron chi connectivity index (χ1n) is 10.4. The zero-order valence-corrected chi connectivity index (χ0v) is 16.9. The lowest BCUT2D eigenvalue weighted by molar-refractivity contribution is -0.943. The molecule has 1 heterocycles. The molecular formula is C23H35N2O2+. The smallest absolute Gasteiger partial charge is 0.126 e. The molecule has 1 unspecified atom stereocenters. The Bertz CT molecular complexity index is 691. The molecule has 4 heteroatoms. The standard InChI is InChI=1S/C23H34N2O2/c1-19-9-6-7-10-20(19)15-24-14-8-13-22(24)16-25(17-23(26)18-27-2)21-11-4-3-5-12-21/h6-10,13-14,21,23,26H,3-5,11-12,15-18H2,1-2H3/p+1/t23-/m1/s1. The van der Waals surface area contributed by atoms with Gasteiger partial charge in [-0.3, -0.25) is 0 Å². The Morgan fingerprint density at radius 3 is 2.67 bits per heavy atom. The van der Waals surface area contributed by atoms with E-state index in [0.29, 0.717) is 12.6 Å². The molecular weight excluding hydrogens is 336 g/mol. The quantitative estimate of drug-likeness (QED) is 0.711. The summed E-state index contributed by atoms with van der Waals surface area (Å²) in [5, 5.41) is 10.4. The van der Waals surface area contributed by atoms with Crippen molar-refractivity contribution in [2.24, 2.45) is 0 Å². The second kappa shape index (κ2) is 10.1. The highest BCUT2D eigenvalue weighted by Crippen LogP contribution is 2.16. The van der Waals surface area contributed by atoms with Crippen molar-refractivity contribution in [3.05, 3.63) is 59.4 Å². The maximum atomic E-state index is 10.4. The summed E-state index contributed by atoms with van der Waals surface area (Å²) >= 11 is 0. The normalized spacial score (nSPS) is 17.7. The molecule has 0 amide bonds. The average molecular weight is 372 g/mol. The minimum Gasteiger partial charge on any atom is -0.385 e. The number of aliphatic hydroxyl groups is 1. The van der Waals surface area contributed by atoms with Gasteiger partial charge in [0.05, 0.1) is 18.3 Å². The van der Waals surface area contributed by atoms with Gasteiger partial charge in [-0.1, -0.05) is 30.7 Å². The van der Waals surface area contributed by atoms with E-state index < -0.39 is 6.10 Å². The second-order valence-electron chi connectivity index (χ2n) is 8.04. The predicted octanol–water partition coefficient (Wildman–Crippen LogP) is 2.57. The summed E-state index contributed by atoms with van der Waals surface area (Å²) < 4.78 is 7.54. The Hall–Kier alpha value is -1.62. The lowest BCUT2D eigenvalue weighted by Gasteiger charge is -2.33. The summed E-state index contributed by atoms with van der Waals surface area (Å²) in [6.45, 7) is 5.23. The Balaban J connectivity index is 1.73. The molecule has 0 radical (unpaired) electrons. The number of aliphatic hydroxyl groups excluding tert-OH is 1. The monoisotopic (exact) mass is 371 g/mol. The number of nitrogens with one attached hydrogen (secondary N) is 1. The first-order chi connectivity index (χ1) is 13.2. The van der Waals surface area contributed by atoms with Gasteiger partial charge in [0.1, 0.15) is 19.2 Å². The number of aryl methyl sites for hydroxylation is 1. The van der Waals surface area contributed by atoms with Gasteiger partial charge in [-0.25, -0.2) is 0 Å². The topological polar surface area (TPSA) is 38.8 Å². The lowest BCUT2D eigenvalue weighted by Crippen LogP contribution is -3.15. The van der Waals surface area contributed by atoms with Crippen LogP contribution in [-0.2, 0) is 17.8 Å². The van der Waals surface area contributed by atoms with Crippen molar-refractivity contribution in [2.45, 2.75) is 64.3 Å². The number of quaternary nitrogens is 1. The van der Waals surface area contributed by atoms with Gasteiger partial charge in [-0.05, 0) is 55.9 Å². The summed E-state index contributed by atoms with van der Waals surface area (Å²) in [5.41, 5.74) is 4.06. The molecule has 1 aromatic heterocycles. The summed E-state index contributed by atoms with van der Waals surface area (Å²) in [7, 11) is 1.66. The molecule has 1 fully saturated rings. The third kappa shape index (κ3) is 5.68. The largest absolute Gasteiger partial charge is 0.385 e. The van der Waals surface area contributed by atoms with Gasteiger partial charge in [0.15, 0.2) is 0 Å². The fourth-order valence-corrected chi connectivity index (χ4v) is 4.42. The van der Waals surface area contributed by atoms with Crippen molar-refractivity contribution in [2.75, 3.05) is 20.3 Å². The summed E-state index contributed by atoms with van der Waals surface area (Å²) in [5.74, 6) is 0. The number of hydrogen-bond donors (Lipinski definition) is 2. The van der Waals surface area contributed by atoms with Crippen LogP contribution in [0.3, 0.4) is 0 Å². The van der Waals surface area contributed by atoms with E-state index in [1.807, 2.05) is 0 Å². The Morgan fingerprint density at radius 1 is 1.15 bits per heavy atom. The molecule has 27 heavy (non-hydrogen) atoms. The van der Waals surface area contributed by atoms with Crippen molar-refractivity contribution in [3.63, 3.8) is 0 Å². The van der Waals surface area contributed by atoms with E-state index in [1.54, 1.807) is 7.11 Å². The minimum atomic E-state index is -0.397. The van der Waals surface area contributed by atoms with Crippen LogP contribution >= 0.6 is 0 Å². The number of ether oxygens (including phenoxy) is 1. The highest BCUT2D eigenvalue weighted by Gasteiger charge is 2.27. The summed E-state index contributed by atoms with van der Waals surface area (Å²) in [4.78, 5) is 1.50. The number of aromatic nitrogens is 1. The van der Waals surface area contributed by atoms with Crippen LogP contribution in [0.1, 0.15) is 48.9 Å².